The summed E-state index contributed by atoms with van der Waals surface area (Å²) in [5, 5.41) is 2.70. The van der Waals surface area contributed by atoms with Gasteiger partial charge in [-0.15, -0.1) is 0 Å². The molecule has 1 unspecified atom stereocenters. The average Bonchev–Trinajstić information content (AvgIpc) is 3.32. The summed E-state index contributed by atoms with van der Waals surface area (Å²) in [6, 6.07) is 13.4. The summed E-state index contributed by atoms with van der Waals surface area (Å²) in [6.07, 6.45) is 2.72. The Hall–Kier alpha value is -2.20. The summed E-state index contributed by atoms with van der Waals surface area (Å²) in [4.78, 5) is 12.0. The predicted molar refractivity (Wildman–Crippen MR) is 83.3 cm³/mol. The summed E-state index contributed by atoms with van der Waals surface area (Å²) in [7, 11) is 0. The Morgan fingerprint density at radius 1 is 1.18 bits per heavy atom. The second-order valence-electron chi connectivity index (χ2n) is 5.53. The number of nitrogens with one attached hydrogen (secondary N) is 1. The van der Waals surface area contributed by atoms with E-state index < -0.39 is 11.7 Å². The zero-order valence-corrected chi connectivity index (χ0v) is 12.4. The highest BCUT2D eigenvalue weighted by molar-refractivity contribution is 6.04. The Morgan fingerprint density at radius 3 is 2.50 bits per heavy atom. The van der Waals surface area contributed by atoms with Gasteiger partial charge >= 0.3 is 0 Å². The minimum absolute atomic E-state index is 0.0389. The lowest BCUT2D eigenvalue weighted by atomic mass is 10.1. The van der Waals surface area contributed by atoms with Gasteiger partial charge in [0.15, 0.2) is 0 Å². The number of carbonyl (C=O) groups excluding carboxylic acids is 1. The number of carbonyl (C=O) groups is 1. The van der Waals surface area contributed by atoms with Crippen LogP contribution in [0.15, 0.2) is 48.5 Å². The highest BCUT2D eigenvalue weighted by atomic mass is 19.1. The standard InChI is InChI=1S/C18H18FNO2/c1-12(22-15-10-11-15)13-6-8-14(9-7-13)20-18(21)16-4-2-3-5-17(16)19/h2-9,12,15H,10-11H2,1H3,(H,20,21). The molecule has 1 aliphatic rings. The molecule has 0 aliphatic heterocycles. The van der Waals surface area contributed by atoms with Crippen LogP contribution in [0, 0.1) is 5.82 Å². The largest absolute Gasteiger partial charge is 0.371 e. The van der Waals surface area contributed by atoms with Crippen LogP contribution in [0.5, 0.6) is 0 Å². The maximum absolute atomic E-state index is 13.6. The quantitative estimate of drug-likeness (QED) is 0.893. The SMILES string of the molecule is CC(OC1CC1)c1ccc(NC(=O)c2ccccc2F)cc1. The van der Waals surface area contributed by atoms with Crippen LogP contribution in [0.1, 0.15) is 41.8 Å². The van der Waals surface area contributed by atoms with Gasteiger partial charge in [-0.1, -0.05) is 24.3 Å². The van der Waals surface area contributed by atoms with Crippen molar-refractivity contribution in [3.05, 3.63) is 65.5 Å². The van der Waals surface area contributed by atoms with Gasteiger partial charge in [0.1, 0.15) is 5.82 Å². The Labute approximate surface area is 129 Å². The molecule has 0 aromatic heterocycles. The van der Waals surface area contributed by atoms with E-state index in [1.54, 1.807) is 24.3 Å². The van der Waals surface area contributed by atoms with Crippen LogP contribution in [0.2, 0.25) is 0 Å². The maximum atomic E-state index is 13.6. The fourth-order valence-corrected chi connectivity index (χ4v) is 2.25. The molecule has 1 fully saturated rings. The van der Waals surface area contributed by atoms with Crippen molar-refractivity contribution in [2.24, 2.45) is 0 Å². The molecule has 0 spiro atoms. The molecular weight excluding hydrogens is 281 g/mol. The third-order valence-corrected chi connectivity index (χ3v) is 3.68. The Balaban J connectivity index is 1.65. The Bertz CT molecular complexity index is 665. The van der Waals surface area contributed by atoms with Gasteiger partial charge in [0, 0.05) is 5.69 Å². The third kappa shape index (κ3) is 3.52. The van der Waals surface area contributed by atoms with Gasteiger partial charge in [-0.2, -0.15) is 0 Å². The Kier molecular flexibility index (Phi) is 4.20. The van der Waals surface area contributed by atoms with Crippen LogP contribution in [-0.4, -0.2) is 12.0 Å². The Morgan fingerprint density at radius 2 is 1.86 bits per heavy atom. The van der Waals surface area contributed by atoms with E-state index in [0.717, 1.165) is 18.4 Å². The fourth-order valence-electron chi connectivity index (χ4n) is 2.25. The molecule has 22 heavy (non-hydrogen) atoms. The summed E-state index contributed by atoms with van der Waals surface area (Å²) >= 11 is 0. The first kappa shape index (κ1) is 14.7. The first-order chi connectivity index (χ1) is 10.6. The zero-order valence-electron chi connectivity index (χ0n) is 12.4. The molecular formula is C18H18FNO2. The van der Waals surface area contributed by atoms with Crippen molar-refractivity contribution >= 4 is 11.6 Å². The van der Waals surface area contributed by atoms with E-state index in [1.807, 2.05) is 19.1 Å². The van der Waals surface area contributed by atoms with Crippen LogP contribution in [0.3, 0.4) is 0 Å². The number of hydrogen-bond acceptors (Lipinski definition) is 2. The molecule has 114 valence electrons. The molecule has 1 N–H and O–H groups in total. The van der Waals surface area contributed by atoms with Gasteiger partial charge in [-0.3, -0.25) is 4.79 Å². The number of anilines is 1. The summed E-state index contributed by atoms with van der Waals surface area (Å²) in [5.74, 6) is -0.976. The third-order valence-electron chi connectivity index (χ3n) is 3.68. The summed E-state index contributed by atoms with van der Waals surface area (Å²) in [6.45, 7) is 2.02. The lowest BCUT2D eigenvalue weighted by Gasteiger charge is -2.13. The normalized spacial score (nSPS) is 15.4. The molecule has 1 amide bonds. The van der Waals surface area contributed by atoms with Gasteiger partial charge in [-0.25, -0.2) is 4.39 Å². The van der Waals surface area contributed by atoms with Gasteiger partial charge in [-0.05, 0) is 49.6 Å². The van der Waals surface area contributed by atoms with E-state index in [0.29, 0.717) is 11.8 Å². The molecule has 0 radical (unpaired) electrons. The zero-order chi connectivity index (χ0) is 15.5. The first-order valence-electron chi connectivity index (χ1n) is 7.45. The second-order valence-corrected chi connectivity index (χ2v) is 5.53. The van der Waals surface area contributed by atoms with Crippen molar-refractivity contribution < 1.29 is 13.9 Å². The van der Waals surface area contributed by atoms with E-state index in [4.69, 9.17) is 4.74 Å². The fraction of sp³-hybridized carbons (Fsp3) is 0.278. The number of halogens is 1. The lowest BCUT2D eigenvalue weighted by Crippen LogP contribution is -2.13. The summed E-state index contributed by atoms with van der Waals surface area (Å²) in [5.41, 5.74) is 1.74. The number of ether oxygens (including phenoxy) is 1. The van der Waals surface area contributed by atoms with E-state index in [9.17, 15) is 9.18 Å². The second kappa shape index (κ2) is 6.28. The van der Waals surface area contributed by atoms with Crippen molar-refractivity contribution in [2.75, 3.05) is 5.32 Å². The highest BCUT2D eigenvalue weighted by Gasteiger charge is 2.25. The highest BCUT2D eigenvalue weighted by Crippen LogP contribution is 2.30. The molecule has 1 saturated carbocycles. The number of benzene rings is 2. The summed E-state index contributed by atoms with van der Waals surface area (Å²) < 4.78 is 19.4. The molecule has 1 atom stereocenters. The van der Waals surface area contributed by atoms with Crippen molar-refractivity contribution in [3.8, 4) is 0 Å². The van der Waals surface area contributed by atoms with Gasteiger partial charge in [0.25, 0.3) is 5.91 Å². The first-order valence-corrected chi connectivity index (χ1v) is 7.45. The van der Waals surface area contributed by atoms with Crippen molar-refractivity contribution in [3.63, 3.8) is 0 Å². The van der Waals surface area contributed by atoms with Gasteiger partial charge in [0.05, 0.1) is 17.8 Å². The van der Waals surface area contributed by atoms with E-state index in [-0.39, 0.29) is 11.7 Å². The number of rotatable bonds is 5. The van der Waals surface area contributed by atoms with Gasteiger partial charge in [0.2, 0.25) is 0 Å². The minimum atomic E-state index is -0.525. The smallest absolute Gasteiger partial charge is 0.258 e. The van der Waals surface area contributed by atoms with E-state index >= 15 is 0 Å². The molecule has 2 aromatic rings. The molecule has 0 saturated heterocycles. The lowest BCUT2D eigenvalue weighted by molar-refractivity contribution is 0.0519. The predicted octanol–water partition coefficient (Wildman–Crippen LogP) is 4.32. The van der Waals surface area contributed by atoms with Crippen LogP contribution >= 0.6 is 0 Å². The molecule has 3 rings (SSSR count). The molecule has 1 aliphatic carbocycles. The molecule has 3 nitrogen and oxygen atoms in total. The van der Waals surface area contributed by atoms with E-state index in [1.165, 1.54) is 12.1 Å². The van der Waals surface area contributed by atoms with Crippen molar-refractivity contribution in [2.45, 2.75) is 32.0 Å². The van der Waals surface area contributed by atoms with Crippen LogP contribution in [0.4, 0.5) is 10.1 Å². The minimum Gasteiger partial charge on any atom is -0.371 e. The number of amides is 1. The van der Waals surface area contributed by atoms with Crippen LogP contribution in [0.25, 0.3) is 0 Å². The molecule has 4 heteroatoms. The van der Waals surface area contributed by atoms with Gasteiger partial charge < -0.3 is 10.1 Å². The molecule has 0 heterocycles. The number of hydrogen-bond donors (Lipinski definition) is 1. The monoisotopic (exact) mass is 299 g/mol. The topological polar surface area (TPSA) is 38.3 Å². The van der Waals surface area contributed by atoms with Crippen molar-refractivity contribution in [1.29, 1.82) is 0 Å². The average molecular weight is 299 g/mol. The van der Waals surface area contributed by atoms with Crippen molar-refractivity contribution in [1.82, 2.24) is 0 Å². The molecule has 2 aromatic carbocycles. The molecule has 0 bridgehead atoms. The maximum Gasteiger partial charge on any atom is 0.258 e. The van der Waals surface area contributed by atoms with E-state index in [2.05, 4.69) is 5.32 Å². The van der Waals surface area contributed by atoms with Crippen LogP contribution in [-0.2, 0) is 4.74 Å². The van der Waals surface area contributed by atoms with Crippen LogP contribution < -0.4 is 5.32 Å².